The molecule has 2 aromatic rings. The number of carbonyl (C=O) groups excluding carboxylic acids is 1. The van der Waals surface area contributed by atoms with E-state index >= 15 is 0 Å². The van der Waals surface area contributed by atoms with Gasteiger partial charge in [0.1, 0.15) is 11.6 Å². The summed E-state index contributed by atoms with van der Waals surface area (Å²) in [5.74, 6) is 2.82. The molecule has 0 spiro atoms. The van der Waals surface area contributed by atoms with Crippen LogP contribution < -0.4 is 10.1 Å². The van der Waals surface area contributed by atoms with E-state index in [1.807, 2.05) is 31.2 Å². The van der Waals surface area contributed by atoms with Gasteiger partial charge in [0.15, 0.2) is 11.8 Å². The lowest BCUT2D eigenvalue weighted by molar-refractivity contribution is -0.149. The molecule has 1 aromatic heterocycles. The maximum atomic E-state index is 11.9. The molecule has 0 aliphatic carbocycles. The second kappa shape index (κ2) is 9.90. The minimum absolute atomic E-state index is 0.0226. The van der Waals surface area contributed by atoms with Gasteiger partial charge in [-0.2, -0.15) is 5.10 Å². The van der Waals surface area contributed by atoms with Crippen molar-refractivity contribution < 1.29 is 14.3 Å². The molecule has 0 unspecified atom stereocenters. The summed E-state index contributed by atoms with van der Waals surface area (Å²) in [6.45, 7) is 4.27. The number of nitrogens with zero attached hydrogens (tertiary/aromatic N) is 4. The normalized spacial score (nSPS) is 15.3. The molecule has 29 heavy (non-hydrogen) atoms. The Hall–Kier alpha value is -3.10. The smallest absolute Gasteiger partial charge is 0.309 e. The number of guanidine groups is 1. The van der Waals surface area contributed by atoms with Crippen molar-refractivity contribution in [3.63, 3.8) is 0 Å². The maximum absolute atomic E-state index is 11.9. The largest absolute Gasteiger partial charge is 0.497 e. The fourth-order valence-electron chi connectivity index (χ4n) is 3.33. The van der Waals surface area contributed by atoms with Crippen molar-refractivity contribution in [2.45, 2.75) is 26.3 Å². The highest BCUT2D eigenvalue weighted by Crippen LogP contribution is 2.20. The number of aromatic amines is 1. The summed E-state index contributed by atoms with van der Waals surface area (Å²) in [6, 6.07) is 7.61. The Kier molecular flexibility index (Phi) is 7.04. The Balaban J connectivity index is 1.52. The molecule has 1 aromatic carbocycles. The minimum atomic E-state index is -0.0946. The molecule has 1 aliphatic heterocycles. The zero-order chi connectivity index (χ0) is 20.6. The molecule has 0 radical (unpaired) electrons. The van der Waals surface area contributed by atoms with Gasteiger partial charge in [0.2, 0.25) is 0 Å². The Morgan fingerprint density at radius 2 is 2.03 bits per heavy atom. The summed E-state index contributed by atoms with van der Waals surface area (Å²) in [7, 11) is 3.39. The summed E-state index contributed by atoms with van der Waals surface area (Å²) < 4.78 is 10.3. The molecule has 0 saturated carbocycles. The summed E-state index contributed by atoms with van der Waals surface area (Å²) in [5.41, 5.74) is 0.915. The van der Waals surface area contributed by atoms with E-state index in [-0.39, 0.29) is 11.9 Å². The predicted molar refractivity (Wildman–Crippen MR) is 109 cm³/mol. The lowest BCUT2D eigenvalue weighted by Crippen LogP contribution is -2.46. The molecule has 9 nitrogen and oxygen atoms in total. The molecule has 3 rings (SSSR count). The Morgan fingerprint density at radius 3 is 2.66 bits per heavy atom. The van der Waals surface area contributed by atoms with E-state index in [1.54, 1.807) is 14.2 Å². The standard InChI is InChI=1S/C20H28N6O3/c1-4-29-19(27)15-9-11-26(12-10-15)20(21-2)22-13-17-23-18(25-24-17)14-5-7-16(28-3)8-6-14/h5-8,15H,4,9-13H2,1-3H3,(H,21,22)(H,23,24,25). The number of piperidine rings is 1. The lowest BCUT2D eigenvalue weighted by atomic mass is 9.97. The van der Waals surface area contributed by atoms with Crippen LogP contribution in [0, 0.1) is 5.92 Å². The van der Waals surface area contributed by atoms with Crippen LogP contribution in [0.5, 0.6) is 5.75 Å². The molecule has 0 atom stereocenters. The number of carbonyl (C=O) groups is 1. The topological polar surface area (TPSA) is 105 Å². The number of aliphatic imine (C=N–C) groups is 1. The first-order valence-corrected chi connectivity index (χ1v) is 9.82. The van der Waals surface area contributed by atoms with Crippen LogP contribution >= 0.6 is 0 Å². The number of methoxy groups -OCH3 is 1. The Labute approximate surface area is 170 Å². The van der Waals surface area contributed by atoms with Crippen LogP contribution in [0.2, 0.25) is 0 Å². The molecule has 1 aliphatic rings. The molecular formula is C20H28N6O3. The van der Waals surface area contributed by atoms with E-state index < -0.39 is 0 Å². The van der Waals surface area contributed by atoms with E-state index in [1.165, 1.54) is 0 Å². The number of aromatic nitrogens is 3. The van der Waals surface area contributed by atoms with Crippen LogP contribution in [0.25, 0.3) is 11.4 Å². The molecule has 9 heteroatoms. The third-order valence-corrected chi connectivity index (χ3v) is 4.92. The van der Waals surface area contributed by atoms with Gasteiger partial charge in [-0.05, 0) is 44.0 Å². The number of hydrogen-bond donors (Lipinski definition) is 2. The Bertz CT molecular complexity index is 825. The highest BCUT2D eigenvalue weighted by Gasteiger charge is 2.27. The number of benzene rings is 1. The fraction of sp³-hybridized carbons (Fsp3) is 0.500. The lowest BCUT2D eigenvalue weighted by Gasteiger charge is -2.33. The van der Waals surface area contributed by atoms with Gasteiger partial charge in [0.05, 0.1) is 26.2 Å². The van der Waals surface area contributed by atoms with Crippen LogP contribution in [0.1, 0.15) is 25.6 Å². The number of hydrogen-bond acceptors (Lipinski definition) is 6. The van der Waals surface area contributed by atoms with Crippen LogP contribution in [0.15, 0.2) is 29.3 Å². The van der Waals surface area contributed by atoms with Gasteiger partial charge in [-0.3, -0.25) is 14.9 Å². The molecule has 2 N–H and O–H groups in total. The van der Waals surface area contributed by atoms with Crippen molar-refractivity contribution in [2.24, 2.45) is 10.9 Å². The van der Waals surface area contributed by atoms with Crippen molar-refractivity contribution in [2.75, 3.05) is 33.9 Å². The number of esters is 1. The third-order valence-electron chi connectivity index (χ3n) is 4.92. The van der Waals surface area contributed by atoms with E-state index in [4.69, 9.17) is 9.47 Å². The third kappa shape index (κ3) is 5.24. The van der Waals surface area contributed by atoms with E-state index in [0.717, 1.165) is 49.0 Å². The zero-order valence-electron chi connectivity index (χ0n) is 17.1. The van der Waals surface area contributed by atoms with Gasteiger partial charge in [-0.15, -0.1) is 0 Å². The average molecular weight is 400 g/mol. The summed E-state index contributed by atoms with van der Waals surface area (Å²) in [6.07, 6.45) is 1.53. The first-order valence-electron chi connectivity index (χ1n) is 9.82. The van der Waals surface area contributed by atoms with E-state index in [9.17, 15) is 4.79 Å². The molecule has 0 amide bonds. The second-order valence-electron chi connectivity index (χ2n) is 6.75. The molecule has 1 fully saturated rings. The van der Waals surface area contributed by atoms with E-state index in [2.05, 4.69) is 30.4 Å². The quantitative estimate of drug-likeness (QED) is 0.433. The van der Waals surface area contributed by atoms with Gasteiger partial charge in [0, 0.05) is 25.7 Å². The molecule has 2 heterocycles. The summed E-state index contributed by atoms with van der Waals surface area (Å²) in [5, 5.41) is 10.6. The molecule has 0 bridgehead atoms. The fourth-order valence-corrected chi connectivity index (χ4v) is 3.33. The molecule has 156 valence electrons. The van der Waals surface area contributed by atoms with Crippen LogP contribution in [0.3, 0.4) is 0 Å². The first kappa shape index (κ1) is 20.6. The van der Waals surface area contributed by atoms with Gasteiger partial charge in [-0.1, -0.05) is 0 Å². The van der Waals surface area contributed by atoms with Crippen LogP contribution in [0.4, 0.5) is 0 Å². The monoisotopic (exact) mass is 400 g/mol. The molecule has 1 saturated heterocycles. The van der Waals surface area contributed by atoms with Crippen molar-refractivity contribution in [1.29, 1.82) is 0 Å². The number of H-pyrrole nitrogens is 1. The number of nitrogens with one attached hydrogen (secondary N) is 2. The highest BCUT2D eigenvalue weighted by molar-refractivity contribution is 5.80. The second-order valence-corrected chi connectivity index (χ2v) is 6.75. The van der Waals surface area contributed by atoms with Crippen LogP contribution in [-0.2, 0) is 16.1 Å². The number of ether oxygens (including phenoxy) is 2. The SMILES string of the molecule is CCOC(=O)C1CCN(C(=NC)NCc2nc(-c3ccc(OC)cc3)n[nH]2)CC1. The van der Waals surface area contributed by atoms with Gasteiger partial charge >= 0.3 is 5.97 Å². The zero-order valence-corrected chi connectivity index (χ0v) is 17.1. The Morgan fingerprint density at radius 1 is 1.31 bits per heavy atom. The number of rotatable bonds is 6. The summed E-state index contributed by atoms with van der Waals surface area (Å²) in [4.78, 5) is 22.9. The van der Waals surface area contributed by atoms with E-state index in [0.29, 0.717) is 19.0 Å². The van der Waals surface area contributed by atoms with Crippen molar-refractivity contribution in [3.05, 3.63) is 30.1 Å². The van der Waals surface area contributed by atoms with Gasteiger partial charge in [0.25, 0.3) is 0 Å². The highest BCUT2D eigenvalue weighted by atomic mass is 16.5. The van der Waals surface area contributed by atoms with Gasteiger partial charge < -0.3 is 19.7 Å². The maximum Gasteiger partial charge on any atom is 0.309 e. The first-order chi connectivity index (χ1) is 14.1. The minimum Gasteiger partial charge on any atom is -0.497 e. The predicted octanol–water partition coefficient (Wildman–Crippen LogP) is 1.83. The van der Waals surface area contributed by atoms with Crippen molar-refractivity contribution in [3.8, 4) is 17.1 Å². The van der Waals surface area contributed by atoms with Crippen molar-refractivity contribution in [1.82, 2.24) is 25.4 Å². The van der Waals surface area contributed by atoms with Crippen LogP contribution in [-0.4, -0.2) is 65.9 Å². The number of likely N-dealkylation sites (tertiary alicyclic amines) is 1. The molecular weight excluding hydrogens is 372 g/mol. The summed E-state index contributed by atoms with van der Waals surface area (Å²) >= 11 is 0. The van der Waals surface area contributed by atoms with Gasteiger partial charge in [-0.25, -0.2) is 4.98 Å². The van der Waals surface area contributed by atoms with Crippen molar-refractivity contribution >= 4 is 11.9 Å². The average Bonchev–Trinajstić information content (AvgIpc) is 3.24.